The minimum absolute atomic E-state index is 0.0206. The van der Waals surface area contributed by atoms with Crippen molar-refractivity contribution in [3.8, 4) is 17.3 Å². The first-order valence-electron chi connectivity index (χ1n) is 9.69. The molecule has 9 heteroatoms. The monoisotopic (exact) mass is 453 g/mol. The van der Waals surface area contributed by atoms with Crippen molar-refractivity contribution >= 4 is 34.9 Å². The first-order chi connectivity index (χ1) is 15.2. The minimum atomic E-state index is -0.0206. The van der Waals surface area contributed by atoms with E-state index in [1.807, 2.05) is 36.4 Å². The normalized spacial score (nSPS) is 10.9. The molecule has 158 valence electrons. The summed E-state index contributed by atoms with van der Waals surface area (Å²) >= 11 is 7.86. The zero-order valence-electron chi connectivity index (χ0n) is 16.6. The zero-order chi connectivity index (χ0) is 21.5. The Morgan fingerprint density at radius 1 is 1.03 bits per heavy atom. The van der Waals surface area contributed by atoms with Crippen LogP contribution in [0.3, 0.4) is 0 Å². The predicted octanol–water partition coefficient (Wildman–Crippen LogP) is 3.87. The molecule has 4 aromatic rings. The van der Waals surface area contributed by atoms with Gasteiger partial charge in [-0.15, -0.1) is 27.1 Å². The van der Waals surface area contributed by atoms with Crippen molar-refractivity contribution < 1.29 is 9.53 Å². The number of benzene rings is 2. The Bertz CT molecular complexity index is 1170. The van der Waals surface area contributed by atoms with Crippen LogP contribution in [0.4, 0.5) is 0 Å². The smallest absolute Gasteiger partial charge is 0.231 e. The number of carbonyl (C=O) groups excluding carboxylic acids is 1. The summed E-state index contributed by atoms with van der Waals surface area (Å²) in [5.74, 6) is 2.14. The summed E-state index contributed by atoms with van der Waals surface area (Å²) in [4.78, 5) is 12.0. The van der Waals surface area contributed by atoms with Crippen molar-refractivity contribution in [3.63, 3.8) is 0 Å². The van der Waals surface area contributed by atoms with Crippen LogP contribution in [0.5, 0.6) is 5.88 Å². The maximum atomic E-state index is 12.0. The molecule has 2 aromatic carbocycles. The maximum Gasteiger partial charge on any atom is 0.231 e. The van der Waals surface area contributed by atoms with E-state index in [1.54, 1.807) is 34.5 Å². The number of nitrogens with one attached hydrogen (secondary N) is 1. The van der Waals surface area contributed by atoms with Gasteiger partial charge < -0.3 is 10.1 Å². The van der Waals surface area contributed by atoms with Crippen LogP contribution in [0, 0.1) is 0 Å². The molecule has 7 nitrogen and oxygen atoms in total. The van der Waals surface area contributed by atoms with Gasteiger partial charge in [-0.05, 0) is 23.8 Å². The molecule has 0 unspecified atom stereocenters. The highest BCUT2D eigenvalue weighted by Gasteiger charge is 2.13. The summed E-state index contributed by atoms with van der Waals surface area (Å²) in [6.07, 6.45) is 0. The maximum absolute atomic E-state index is 12.0. The molecule has 0 spiro atoms. The van der Waals surface area contributed by atoms with Crippen LogP contribution < -0.4 is 10.1 Å². The zero-order valence-corrected chi connectivity index (χ0v) is 18.1. The Balaban J connectivity index is 1.27. The summed E-state index contributed by atoms with van der Waals surface area (Å²) < 4.78 is 7.28. The van der Waals surface area contributed by atoms with Gasteiger partial charge >= 0.3 is 0 Å². The van der Waals surface area contributed by atoms with Gasteiger partial charge in [-0.2, -0.15) is 4.52 Å². The number of ether oxygens (including phenoxy) is 1. The summed E-state index contributed by atoms with van der Waals surface area (Å²) in [6.45, 7) is 0.696. The van der Waals surface area contributed by atoms with E-state index in [4.69, 9.17) is 16.3 Å². The Labute approximate surface area is 188 Å². The van der Waals surface area contributed by atoms with Crippen LogP contribution in [0.25, 0.3) is 17.0 Å². The van der Waals surface area contributed by atoms with Gasteiger partial charge in [0.2, 0.25) is 11.8 Å². The molecule has 0 saturated carbocycles. The number of aromatic nitrogens is 4. The minimum Gasteiger partial charge on any atom is -0.475 e. The number of thioether (sulfide) groups is 1. The molecule has 2 aromatic heterocycles. The van der Waals surface area contributed by atoms with E-state index < -0.39 is 0 Å². The molecule has 0 atom stereocenters. The molecule has 0 bridgehead atoms. The van der Waals surface area contributed by atoms with E-state index in [-0.39, 0.29) is 5.91 Å². The number of amides is 1. The first kappa shape index (κ1) is 21.1. The van der Waals surface area contributed by atoms with E-state index in [9.17, 15) is 4.79 Å². The van der Waals surface area contributed by atoms with Gasteiger partial charge in [0.1, 0.15) is 6.61 Å². The second-order valence-electron chi connectivity index (χ2n) is 6.62. The number of halogens is 1. The lowest BCUT2D eigenvalue weighted by Gasteiger charge is -2.08. The van der Waals surface area contributed by atoms with Gasteiger partial charge in [0.15, 0.2) is 11.5 Å². The lowest BCUT2D eigenvalue weighted by molar-refractivity contribution is -0.118. The molecule has 0 aliphatic carbocycles. The lowest BCUT2D eigenvalue weighted by atomic mass is 10.2. The Hall–Kier alpha value is -3.10. The third kappa shape index (κ3) is 5.53. The van der Waals surface area contributed by atoms with E-state index in [2.05, 4.69) is 32.7 Å². The molecule has 0 fully saturated rings. The molecule has 1 N–H and O–H groups in total. The van der Waals surface area contributed by atoms with Gasteiger partial charge in [-0.3, -0.25) is 4.79 Å². The Morgan fingerprint density at radius 3 is 2.68 bits per heavy atom. The van der Waals surface area contributed by atoms with Gasteiger partial charge in [0, 0.05) is 17.4 Å². The topological polar surface area (TPSA) is 81.4 Å². The fraction of sp³-hybridized carbons (Fsp3) is 0.182. The van der Waals surface area contributed by atoms with Gasteiger partial charge in [-0.25, -0.2) is 0 Å². The summed E-state index contributed by atoms with van der Waals surface area (Å²) in [6, 6.07) is 20.9. The third-order valence-corrected chi connectivity index (χ3v) is 5.71. The van der Waals surface area contributed by atoms with Crippen LogP contribution in [0.2, 0.25) is 5.02 Å². The highest BCUT2D eigenvalue weighted by molar-refractivity contribution is 7.99. The quantitative estimate of drug-likeness (QED) is 0.387. The summed E-state index contributed by atoms with van der Waals surface area (Å²) in [5, 5.41) is 16.2. The van der Waals surface area contributed by atoms with Crippen molar-refractivity contribution in [2.75, 3.05) is 18.9 Å². The number of rotatable bonds is 9. The van der Waals surface area contributed by atoms with E-state index in [1.165, 1.54) is 5.56 Å². The second kappa shape index (κ2) is 10.3. The number of fused-ring (bicyclic) bond motifs is 1. The molecule has 0 saturated heterocycles. The standard InChI is InChI=1S/C22H20ClN5O2S/c23-18-9-5-4-8-17(18)22-26-25-19-10-11-21(27-28(19)22)30-13-12-24-20(29)15-31-14-16-6-2-1-3-7-16/h1-11H,12-15H2,(H,24,29). The van der Waals surface area contributed by atoms with Crippen molar-refractivity contribution in [1.82, 2.24) is 25.1 Å². The molecule has 0 aliphatic rings. The Morgan fingerprint density at radius 2 is 1.84 bits per heavy atom. The van der Waals surface area contributed by atoms with Gasteiger partial charge in [-0.1, -0.05) is 54.1 Å². The van der Waals surface area contributed by atoms with Crippen molar-refractivity contribution in [3.05, 3.63) is 77.3 Å². The highest BCUT2D eigenvalue weighted by Crippen LogP contribution is 2.26. The molecule has 0 radical (unpaired) electrons. The van der Waals surface area contributed by atoms with Crippen molar-refractivity contribution in [1.29, 1.82) is 0 Å². The number of nitrogens with zero attached hydrogens (tertiary/aromatic N) is 4. The first-order valence-corrected chi connectivity index (χ1v) is 11.2. The average Bonchev–Trinajstić information content (AvgIpc) is 3.21. The average molecular weight is 454 g/mol. The van der Waals surface area contributed by atoms with Crippen LogP contribution >= 0.6 is 23.4 Å². The number of hydrogen-bond donors (Lipinski definition) is 1. The summed E-state index contributed by atoms with van der Waals surface area (Å²) in [7, 11) is 0. The lowest BCUT2D eigenvalue weighted by Crippen LogP contribution is -2.29. The molecule has 1 amide bonds. The van der Waals surface area contributed by atoms with Gasteiger partial charge in [0.05, 0.1) is 17.3 Å². The molecule has 0 aliphatic heterocycles. The molecular formula is C22H20ClN5O2S. The molecule has 2 heterocycles. The summed E-state index contributed by atoms with van der Waals surface area (Å²) in [5.41, 5.74) is 2.53. The molecule has 4 rings (SSSR count). The number of hydrogen-bond acceptors (Lipinski definition) is 6. The van der Waals surface area contributed by atoms with E-state index >= 15 is 0 Å². The van der Waals surface area contributed by atoms with Crippen LogP contribution in [-0.2, 0) is 10.5 Å². The van der Waals surface area contributed by atoms with Crippen LogP contribution in [0.1, 0.15) is 5.56 Å². The Kier molecular flexibility index (Phi) is 7.01. The van der Waals surface area contributed by atoms with Crippen molar-refractivity contribution in [2.45, 2.75) is 5.75 Å². The highest BCUT2D eigenvalue weighted by atomic mass is 35.5. The van der Waals surface area contributed by atoms with E-state index in [0.29, 0.717) is 41.3 Å². The number of carbonyl (C=O) groups is 1. The molecular weight excluding hydrogens is 434 g/mol. The van der Waals surface area contributed by atoms with Crippen molar-refractivity contribution in [2.24, 2.45) is 0 Å². The van der Waals surface area contributed by atoms with Crippen LogP contribution in [0.15, 0.2) is 66.7 Å². The fourth-order valence-corrected chi connectivity index (χ4v) is 3.93. The van der Waals surface area contributed by atoms with Gasteiger partial charge in [0.25, 0.3) is 0 Å². The predicted molar refractivity (Wildman–Crippen MR) is 122 cm³/mol. The third-order valence-electron chi connectivity index (χ3n) is 4.37. The molecule has 31 heavy (non-hydrogen) atoms. The SMILES string of the molecule is O=C(CSCc1ccccc1)NCCOc1ccc2nnc(-c3ccccc3Cl)n2n1. The van der Waals surface area contributed by atoms with E-state index in [0.717, 1.165) is 11.3 Å². The second-order valence-corrected chi connectivity index (χ2v) is 8.01. The largest absolute Gasteiger partial charge is 0.475 e. The fourth-order valence-electron chi connectivity index (χ4n) is 2.89. The van der Waals surface area contributed by atoms with Crippen LogP contribution in [-0.4, -0.2) is 44.6 Å².